The molecule has 0 bridgehead atoms. The van der Waals surface area contributed by atoms with E-state index in [2.05, 4.69) is 10.2 Å². The summed E-state index contributed by atoms with van der Waals surface area (Å²) in [5.74, 6) is -0.297. The van der Waals surface area contributed by atoms with Crippen LogP contribution in [0.3, 0.4) is 0 Å². The van der Waals surface area contributed by atoms with Gasteiger partial charge in [0.05, 0.1) is 0 Å². The maximum absolute atomic E-state index is 13.7. The number of ether oxygens (including phenoxy) is 1. The van der Waals surface area contributed by atoms with Gasteiger partial charge >= 0.3 is 17.1 Å². The first-order valence-corrected chi connectivity index (χ1v) is 13.4. The second kappa shape index (κ2) is 10.4. The summed E-state index contributed by atoms with van der Waals surface area (Å²) in [6.45, 7) is 0. The normalized spacial score (nSPS) is 19.0. The van der Waals surface area contributed by atoms with Crippen molar-refractivity contribution in [1.82, 2.24) is 19.7 Å². The van der Waals surface area contributed by atoms with Gasteiger partial charge in [0.25, 0.3) is 0 Å². The van der Waals surface area contributed by atoms with Crippen molar-refractivity contribution in [3.8, 4) is 0 Å². The predicted octanol–water partition coefficient (Wildman–Crippen LogP) is 1.39. The highest BCUT2D eigenvalue weighted by molar-refractivity contribution is 8.01. The molecule has 3 N–H and O–H groups in total. The molecule has 1 fully saturated rings. The quantitative estimate of drug-likeness (QED) is 0.198. The second-order valence-electron chi connectivity index (χ2n) is 8.48. The summed E-state index contributed by atoms with van der Waals surface area (Å²) >= 11 is 2.64. The molecule has 190 valence electrons. The van der Waals surface area contributed by atoms with Crippen LogP contribution in [0.1, 0.15) is 17.2 Å². The molecule has 37 heavy (non-hydrogen) atoms. The van der Waals surface area contributed by atoms with Crippen molar-refractivity contribution >= 4 is 35.4 Å². The molecule has 12 heteroatoms. The highest BCUT2D eigenvalue weighted by atomic mass is 32.2. The molecule has 3 heterocycles. The van der Waals surface area contributed by atoms with Crippen molar-refractivity contribution < 1.29 is 14.3 Å². The lowest BCUT2D eigenvalue weighted by Crippen LogP contribution is -2.68. The van der Waals surface area contributed by atoms with E-state index in [-0.39, 0.29) is 27.9 Å². The molecule has 10 nitrogen and oxygen atoms in total. The van der Waals surface area contributed by atoms with Crippen LogP contribution < -0.4 is 16.9 Å². The minimum Gasteiger partial charge on any atom is -0.448 e. The molecule has 0 radical (unpaired) electrons. The molecule has 2 unspecified atom stereocenters. The number of nitrogens with zero attached hydrogens (tertiary/aromatic N) is 3. The Balaban J connectivity index is 1.49. The number of nitrogens with two attached hydrogens (primary N) is 1. The Hall–Kier alpha value is -3.61. The number of hydrogen-bond donors (Lipinski definition) is 2. The average Bonchev–Trinajstić information content (AvgIpc) is 2.94. The van der Waals surface area contributed by atoms with Crippen LogP contribution in [-0.2, 0) is 21.4 Å². The number of benzene rings is 2. The molecule has 0 aliphatic carbocycles. The van der Waals surface area contributed by atoms with Crippen molar-refractivity contribution in [3.63, 3.8) is 0 Å². The Labute approximate surface area is 219 Å². The summed E-state index contributed by atoms with van der Waals surface area (Å²) in [5, 5.41) is 6.04. The number of hydrogen-bond acceptors (Lipinski definition) is 9. The number of rotatable bonds is 7. The smallest absolute Gasteiger partial charge is 0.356 e. The molecule has 2 aliphatic rings. The van der Waals surface area contributed by atoms with Gasteiger partial charge in [0.15, 0.2) is 11.3 Å². The molecule has 5 rings (SSSR count). The molecule has 2 aliphatic heterocycles. The van der Waals surface area contributed by atoms with Gasteiger partial charge in [-0.3, -0.25) is 23.9 Å². The van der Waals surface area contributed by atoms with Gasteiger partial charge in [-0.05, 0) is 16.7 Å². The van der Waals surface area contributed by atoms with Gasteiger partial charge in [-0.25, -0.2) is 9.89 Å². The Kier molecular flexibility index (Phi) is 7.04. The van der Waals surface area contributed by atoms with Crippen molar-refractivity contribution in [2.24, 2.45) is 12.8 Å². The Morgan fingerprint density at radius 2 is 1.76 bits per heavy atom. The van der Waals surface area contributed by atoms with Crippen LogP contribution in [0.4, 0.5) is 0 Å². The zero-order valence-corrected chi connectivity index (χ0v) is 21.3. The van der Waals surface area contributed by atoms with Crippen LogP contribution in [0.5, 0.6) is 0 Å². The van der Waals surface area contributed by atoms with Crippen LogP contribution >= 0.6 is 23.5 Å². The molecule has 1 aromatic heterocycles. The Morgan fingerprint density at radius 3 is 2.38 bits per heavy atom. The topological polar surface area (TPSA) is 140 Å². The van der Waals surface area contributed by atoms with Crippen LogP contribution in [0.15, 0.2) is 86.7 Å². The van der Waals surface area contributed by atoms with Gasteiger partial charge in [-0.1, -0.05) is 72.4 Å². The minimum atomic E-state index is -0.820. The first-order valence-electron chi connectivity index (χ1n) is 11.4. The number of carbonyl (C=O) groups is 2. The standard InChI is InChI=1S/C25H23N5O5S2/c1-29-22(33)20(31)27-28-25(29)37-13-16-12-36-23-17(26)21(32)30(23)18(16)24(34)35-19(14-8-4-2-5-9-14)15-10-6-3-7-11-15/h2-11,17,19,23H,12-13,26H2,1H3,(H,27,31). The van der Waals surface area contributed by atoms with Gasteiger partial charge < -0.3 is 10.5 Å². The van der Waals surface area contributed by atoms with E-state index in [1.165, 1.54) is 35.5 Å². The molecule has 0 spiro atoms. The summed E-state index contributed by atoms with van der Waals surface area (Å²) in [4.78, 5) is 51.4. The zero-order chi connectivity index (χ0) is 26.1. The lowest BCUT2D eigenvalue weighted by molar-refractivity contribution is -0.153. The maximum Gasteiger partial charge on any atom is 0.356 e. The minimum absolute atomic E-state index is 0.161. The number of esters is 1. The van der Waals surface area contributed by atoms with E-state index in [4.69, 9.17) is 10.5 Å². The third-order valence-corrected chi connectivity index (χ3v) is 8.60. The van der Waals surface area contributed by atoms with Crippen molar-refractivity contribution in [2.75, 3.05) is 11.5 Å². The number of amides is 1. The molecule has 2 atom stereocenters. The monoisotopic (exact) mass is 537 g/mol. The number of aromatic nitrogens is 3. The molecule has 1 amide bonds. The van der Waals surface area contributed by atoms with E-state index in [1.54, 1.807) is 0 Å². The Bertz CT molecular complexity index is 1450. The van der Waals surface area contributed by atoms with Gasteiger partial charge in [0.2, 0.25) is 5.91 Å². The third-order valence-electron chi connectivity index (χ3n) is 6.13. The van der Waals surface area contributed by atoms with Crippen LogP contribution in [0, 0.1) is 0 Å². The van der Waals surface area contributed by atoms with Gasteiger partial charge in [0, 0.05) is 18.6 Å². The molecular weight excluding hydrogens is 514 g/mol. The number of aromatic amines is 1. The zero-order valence-electron chi connectivity index (χ0n) is 19.7. The second-order valence-corrected chi connectivity index (χ2v) is 10.5. The SMILES string of the molecule is Cn1c(SCC2=C(C(=O)OC(c3ccccc3)c3ccccc3)N3C(=O)C(N)C3SC2)n[nH]c(=O)c1=O. The molecule has 2 aromatic carbocycles. The van der Waals surface area contributed by atoms with Crippen LogP contribution in [0.25, 0.3) is 0 Å². The number of fused-ring (bicyclic) bond motifs is 1. The Morgan fingerprint density at radius 1 is 1.14 bits per heavy atom. The number of H-pyrrole nitrogens is 1. The van der Waals surface area contributed by atoms with E-state index < -0.39 is 29.2 Å². The summed E-state index contributed by atoms with van der Waals surface area (Å²) in [7, 11) is 1.45. The average molecular weight is 538 g/mol. The highest BCUT2D eigenvalue weighted by Crippen LogP contribution is 2.41. The summed E-state index contributed by atoms with van der Waals surface area (Å²) < 4.78 is 7.22. The van der Waals surface area contributed by atoms with Crippen LogP contribution in [0.2, 0.25) is 0 Å². The largest absolute Gasteiger partial charge is 0.448 e. The van der Waals surface area contributed by atoms with E-state index in [0.29, 0.717) is 11.3 Å². The predicted molar refractivity (Wildman–Crippen MR) is 140 cm³/mol. The third kappa shape index (κ3) is 4.75. The number of thioether (sulfide) groups is 2. The lowest BCUT2D eigenvalue weighted by atomic mass is 10.0. The van der Waals surface area contributed by atoms with Gasteiger partial charge in [-0.15, -0.1) is 16.9 Å². The van der Waals surface area contributed by atoms with Crippen molar-refractivity contribution in [1.29, 1.82) is 0 Å². The molecule has 3 aromatic rings. The highest BCUT2D eigenvalue weighted by Gasteiger charge is 2.52. The van der Waals surface area contributed by atoms with Gasteiger partial charge in [0.1, 0.15) is 17.1 Å². The fraction of sp³-hybridized carbons (Fsp3) is 0.240. The first kappa shape index (κ1) is 25.1. The summed E-state index contributed by atoms with van der Waals surface area (Å²) in [6.07, 6.45) is -0.684. The van der Waals surface area contributed by atoms with Crippen molar-refractivity contribution in [3.05, 3.63) is 104 Å². The number of nitrogens with one attached hydrogen (secondary N) is 1. The van der Waals surface area contributed by atoms with E-state index in [9.17, 15) is 19.2 Å². The molecule has 0 saturated carbocycles. The van der Waals surface area contributed by atoms with Crippen LogP contribution in [-0.4, -0.2) is 54.5 Å². The van der Waals surface area contributed by atoms with Gasteiger partial charge in [-0.2, -0.15) is 0 Å². The van der Waals surface area contributed by atoms with E-state index in [0.717, 1.165) is 15.7 Å². The maximum atomic E-state index is 13.7. The molecule has 1 saturated heterocycles. The first-order chi connectivity index (χ1) is 17.9. The number of carbonyl (C=O) groups excluding carboxylic acids is 2. The van der Waals surface area contributed by atoms with E-state index >= 15 is 0 Å². The fourth-order valence-corrected chi connectivity index (χ4v) is 6.52. The molecular formula is C25H23N5O5S2. The lowest BCUT2D eigenvalue weighted by Gasteiger charge is -2.48. The fourth-order valence-electron chi connectivity index (χ4n) is 4.17. The summed E-state index contributed by atoms with van der Waals surface area (Å²) in [5.41, 5.74) is 6.85. The van der Waals surface area contributed by atoms with Crippen molar-refractivity contribution in [2.45, 2.75) is 22.7 Å². The van der Waals surface area contributed by atoms with E-state index in [1.807, 2.05) is 60.7 Å². The summed E-state index contributed by atoms with van der Waals surface area (Å²) in [6, 6.07) is 18.1. The number of β-lactam (4-membered cyclic amide) rings is 1.